The maximum atomic E-state index is 6.00. The van der Waals surface area contributed by atoms with Gasteiger partial charge in [0.25, 0.3) is 0 Å². The molecule has 0 fully saturated rings. The van der Waals surface area contributed by atoms with Crippen LogP contribution in [0.25, 0.3) is 11.4 Å². The van der Waals surface area contributed by atoms with Crippen LogP contribution in [0.1, 0.15) is 19.5 Å². The predicted octanol–water partition coefficient (Wildman–Crippen LogP) is 4.29. The van der Waals surface area contributed by atoms with Crippen LogP contribution < -0.4 is 5.73 Å². The third-order valence-corrected chi connectivity index (χ3v) is 4.30. The Balaban J connectivity index is 2.50. The summed E-state index contributed by atoms with van der Waals surface area (Å²) in [7, 11) is 0. The molecule has 0 radical (unpaired) electrons. The number of aromatic nitrogens is 2. The smallest absolute Gasteiger partial charge is 0.161 e. The first-order valence-electron chi connectivity index (χ1n) is 6.05. The number of halogens is 2. The number of hydrogen-bond acceptors (Lipinski definition) is 3. The number of nitrogens with two attached hydrogens (primary N) is 1. The van der Waals surface area contributed by atoms with Crippen LogP contribution in [0.15, 0.2) is 28.7 Å². The molecule has 0 unspecified atom stereocenters. The average Bonchev–Trinajstić information content (AvgIpc) is 2.34. The van der Waals surface area contributed by atoms with E-state index in [1.54, 1.807) is 0 Å². The van der Waals surface area contributed by atoms with E-state index in [9.17, 15) is 0 Å². The molecule has 0 amide bonds. The van der Waals surface area contributed by atoms with E-state index in [0.717, 1.165) is 25.7 Å². The Bertz CT molecular complexity index is 599. The van der Waals surface area contributed by atoms with Gasteiger partial charge in [0.15, 0.2) is 5.82 Å². The lowest BCUT2D eigenvalue weighted by Crippen LogP contribution is -2.07. The van der Waals surface area contributed by atoms with Gasteiger partial charge in [0.05, 0.1) is 9.26 Å². The van der Waals surface area contributed by atoms with E-state index in [1.165, 1.54) is 0 Å². The molecule has 0 aliphatic rings. The molecule has 3 nitrogen and oxygen atoms in total. The van der Waals surface area contributed by atoms with Crippen LogP contribution >= 0.6 is 38.5 Å². The van der Waals surface area contributed by atoms with Gasteiger partial charge in [-0.15, -0.1) is 0 Å². The highest BCUT2D eigenvalue weighted by Gasteiger charge is 2.12. The fraction of sp³-hybridized carbons (Fsp3) is 0.286. The van der Waals surface area contributed by atoms with Crippen molar-refractivity contribution in [2.45, 2.75) is 20.3 Å². The van der Waals surface area contributed by atoms with Gasteiger partial charge in [0.1, 0.15) is 5.82 Å². The Labute approximate surface area is 135 Å². The van der Waals surface area contributed by atoms with Gasteiger partial charge in [-0.2, -0.15) is 0 Å². The van der Waals surface area contributed by atoms with Crippen LogP contribution in [-0.4, -0.2) is 9.97 Å². The van der Waals surface area contributed by atoms with Crippen molar-refractivity contribution in [2.24, 2.45) is 5.92 Å². The predicted molar refractivity (Wildman–Crippen MR) is 90.8 cm³/mol. The van der Waals surface area contributed by atoms with E-state index in [1.807, 2.05) is 24.3 Å². The average molecular weight is 432 g/mol. The second-order valence-corrected chi connectivity index (χ2v) is 6.80. The SMILES string of the molecule is CC(C)Cc1nc(-c2cccc(Br)c2)nc(N)c1I. The van der Waals surface area contributed by atoms with E-state index >= 15 is 0 Å². The lowest BCUT2D eigenvalue weighted by atomic mass is 10.1. The fourth-order valence-corrected chi connectivity index (χ4v) is 2.65. The van der Waals surface area contributed by atoms with Crippen LogP contribution in [0.3, 0.4) is 0 Å². The van der Waals surface area contributed by atoms with Gasteiger partial charge >= 0.3 is 0 Å². The molecule has 0 saturated carbocycles. The summed E-state index contributed by atoms with van der Waals surface area (Å²) in [5.74, 6) is 1.79. The Morgan fingerprint density at radius 3 is 2.68 bits per heavy atom. The second-order valence-electron chi connectivity index (χ2n) is 4.80. The van der Waals surface area contributed by atoms with E-state index in [4.69, 9.17) is 5.73 Å². The molecular formula is C14H15BrIN3. The third-order valence-electron chi connectivity index (χ3n) is 2.63. The fourth-order valence-electron chi connectivity index (χ4n) is 1.79. The molecule has 0 bridgehead atoms. The molecular weight excluding hydrogens is 417 g/mol. The molecule has 100 valence electrons. The quantitative estimate of drug-likeness (QED) is 0.737. The molecule has 0 aliphatic carbocycles. The Morgan fingerprint density at radius 2 is 2.05 bits per heavy atom. The normalized spacial score (nSPS) is 11.0. The molecule has 0 spiro atoms. The van der Waals surface area contributed by atoms with E-state index in [-0.39, 0.29) is 0 Å². The lowest BCUT2D eigenvalue weighted by Gasteiger charge is -2.11. The van der Waals surface area contributed by atoms with Crippen molar-refractivity contribution in [2.75, 3.05) is 5.73 Å². The molecule has 0 saturated heterocycles. The first kappa shape index (κ1) is 14.7. The van der Waals surface area contributed by atoms with Gasteiger partial charge in [-0.25, -0.2) is 9.97 Å². The van der Waals surface area contributed by atoms with E-state index in [0.29, 0.717) is 17.6 Å². The van der Waals surface area contributed by atoms with Crippen LogP contribution in [0.2, 0.25) is 0 Å². The number of nitrogen functional groups attached to an aromatic ring is 1. The number of anilines is 1. The minimum atomic E-state index is 0.540. The summed E-state index contributed by atoms with van der Waals surface area (Å²) in [6.45, 7) is 4.35. The van der Waals surface area contributed by atoms with E-state index < -0.39 is 0 Å². The van der Waals surface area contributed by atoms with Crippen molar-refractivity contribution in [1.82, 2.24) is 9.97 Å². The zero-order valence-corrected chi connectivity index (χ0v) is 14.6. The standard InChI is InChI=1S/C14H15BrIN3/c1-8(2)6-11-12(16)13(17)19-14(18-11)9-4-3-5-10(15)7-9/h3-5,7-8H,6H2,1-2H3,(H2,17,18,19). The molecule has 0 atom stereocenters. The first-order valence-corrected chi connectivity index (χ1v) is 7.92. The highest BCUT2D eigenvalue weighted by atomic mass is 127. The number of benzene rings is 1. The van der Waals surface area contributed by atoms with Gasteiger partial charge in [0, 0.05) is 10.0 Å². The van der Waals surface area contributed by atoms with Gasteiger partial charge in [-0.1, -0.05) is 41.9 Å². The van der Waals surface area contributed by atoms with Crippen LogP contribution in [0.5, 0.6) is 0 Å². The highest BCUT2D eigenvalue weighted by Crippen LogP contribution is 2.25. The van der Waals surface area contributed by atoms with E-state index in [2.05, 4.69) is 62.3 Å². The molecule has 2 aromatic rings. The number of hydrogen-bond donors (Lipinski definition) is 1. The minimum absolute atomic E-state index is 0.540. The first-order chi connectivity index (χ1) is 8.97. The summed E-state index contributed by atoms with van der Waals surface area (Å²) in [5, 5.41) is 0. The topological polar surface area (TPSA) is 51.8 Å². The van der Waals surface area contributed by atoms with Crippen molar-refractivity contribution in [3.05, 3.63) is 38.0 Å². The van der Waals surface area contributed by atoms with Gasteiger partial charge in [-0.3, -0.25) is 0 Å². The molecule has 2 rings (SSSR count). The Hall–Kier alpha value is -0.690. The zero-order chi connectivity index (χ0) is 14.0. The van der Waals surface area contributed by atoms with Crippen molar-refractivity contribution in [1.29, 1.82) is 0 Å². The molecule has 2 N–H and O–H groups in total. The highest BCUT2D eigenvalue weighted by molar-refractivity contribution is 14.1. The van der Waals surface area contributed by atoms with Crippen LogP contribution in [0.4, 0.5) is 5.82 Å². The summed E-state index contributed by atoms with van der Waals surface area (Å²) in [4.78, 5) is 9.06. The van der Waals surface area contributed by atoms with Crippen LogP contribution in [0, 0.1) is 9.49 Å². The minimum Gasteiger partial charge on any atom is -0.383 e. The van der Waals surface area contributed by atoms with Crippen molar-refractivity contribution >= 4 is 44.3 Å². The van der Waals surface area contributed by atoms with Crippen LogP contribution in [-0.2, 0) is 6.42 Å². The molecule has 19 heavy (non-hydrogen) atoms. The summed E-state index contributed by atoms with van der Waals surface area (Å²) < 4.78 is 1.97. The van der Waals surface area contributed by atoms with Crippen molar-refractivity contribution in [3.63, 3.8) is 0 Å². The largest absolute Gasteiger partial charge is 0.383 e. The molecule has 0 aliphatic heterocycles. The number of rotatable bonds is 3. The van der Waals surface area contributed by atoms with Gasteiger partial charge in [-0.05, 0) is 47.1 Å². The molecule has 5 heteroatoms. The molecule has 1 heterocycles. The summed E-state index contributed by atoms with van der Waals surface area (Å²) >= 11 is 5.68. The Morgan fingerprint density at radius 1 is 1.32 bits per heavy atom. The maximum Gasteiger partial charge on any atom is 0.161 e. The molecule has 1 aromatic carbocycles. The number of nitrogens with zero attached hydrogens (tertiary/aromatic N) is 2. The summed E-state index contributed by atoms with van der Waals surface area (Å²) in [6.07, 6.45) is 0.909. The van der Waals surface area contributed by atoms with Crippen molar-refractivity contribution < 1.29 is 0 Å². The summed E-state index contributed by atoms with van der Waals surface area (Å²) in [6, 6.07) is 7.94. The lowest BCUT2D eigenvalue weighted by molar-refractivity contribution is 0.632. The summed E-state index contributed by atoms with van der Waals surface area (Å²) in [5.41, 5.74) is 8.00. The van der Waals surface area contributed by atoms with Gasteiger partial charge in [0.2, 0.25) is 0 Å². The zero-order valence-electron chi connectivity index (χ0n) is 10.8. The maximum absolute atomic E-state index is 6.00. The van der Waals surface area contributed by atoms with Crippen molar-refractivity contribution in [3.8, 4) is 11.4 Å². The third kappa shape index (κ3) is 3.66. The Kier molecular flexibility index (Phi) is 4.78. The monoisotopic (exact) mass is 431 g/mol. The van der Waals surface area contributed by atoms with Gasteiger partial charge < -0.3 is 5.73 Å². The second kappa shape index (κ2) is 6.17. The molecule has 1 aromatic heterocycles.